The molecule has 16 heavy (non-hydrogen) atoms. The third-order valence-corrected chi connectivity index (χ3v) is 1.85. The maximum atomic E-state index is 13.0. The van der Waals surface area contributed by atoms with E-state index in [-0.39, 0.29) is 19.4 Å². The molecule has 1 aromatic carbocycles. The van der Waals surface area contributed by atoms with E-state index in [0.29, 0.717) is 12.1 Å². The summed E-state index contributed by atoms with van der Waals surface area (Å²) in [4.78, 5) is 11.1. The van der Waals surface area contributed by atoms with Crippen molar-refractivity contribution >= 4 is 11.6 Å². The summed E-state index contributed by atoms with van der Waals surface area (Å²) in [6.45, 7) is -0.173. The van der Waals surface area contributed by atoms with E-state index >= 15 is 0 Å². The van der Waals surface area contributed by atoms with Crippen LogP contribution in [0.4, 0.5) is 18.9 Å². The fraction of sp³-hybridized carbons (Fsp3) is 0.300. The summed E-state index contributed by atoms with van der Waals surface area (Å²) in [6.07, 6.45) is 0.200. The highest BCUT2D eigenvalue weighted by Gasteiger charge is 2.11. The lowest BCUT2D eigenvalue weighted by molar-refractivity contribution is -0.116. The normalized spacial score (nSPS) is 10.2. The first-order chi connectivity index (χ1) is 7.54. The molecular formula is C10H10F3NO2. The molecule has 1 rings (SSSR count). The molecule has 0 atom stereocenters. The van der Waals surface area contributed by atoms with E-state index in [4.69, 9.17) is 5.11 Å². The Morgan fingerprint density at radius 3 is 2.44 bits per heavy atom. The number of aliphatic hydroxyl groups is 1. The number of anilines is 1. The summed E-state index contributed by atoms with van der Waals surface area (Å²) in [5, 5.41) is 10.5. The van der Waals surface area contributed by atoms with Crippen molar-refractivity contribution in [1.82, 2.24) is 0 Å². The fourth-order valence-electron chi connectivity index (χ4n) is 1.07. The van der Waals surface area contributed by atoms with Crippen LogP contribution in [0, 0.1) is 17.5 Å². The van der Waals surface area contributed by atoms with Crippen molar-refractivity contribution in [3.8, 4) is 0 Å². The van der Waals surface area contributed by atoms with Gasteiger partial charge >= 0.3 is 0 Å². The first-order valence-corrected chi connectivity index (χ1v) is 4.60. The van der Waals surface area contributed by atoms with Crippen LogP contribution in [-0.4, -0.2) is 17.6 Å². The standard InChI is InChI=1S/C10H10F3NO2/c11-6-4-8(13)9(5-7(6)12)14-10(16)2-1-3-15/h4-5,15H,1-3H2,(H,14,16). The molecule has 1 amide bonds. The average Bonchev–Trinajstić information content (AvgIpc) is 2.23. The first kappa shape index (κ1) is 12.5. The Kier molecular flexibility index (Phi) is 4.30. The molecule has 0 heterocycles. The van der Waals surface area contributed by atoms with Crippen LogP contribution in [0.2, 0.25) is 0 Å². The Morgan fingerprint density at radius 1 is 1.19 bits per heavy atom. The van der Waals surface area contributed by atoms with Gasteiger partial charge in [0.2, 0.25) is 5.91 Å². The summed E-state index contributed by atoms with van der Waals surface area (Å²) in [6, 6.07) is 0.929. The van der Waals surface area contributed by atoms with E-state index in [1.165, 1.54) is 0 Å². The number of hydrogen-bond acceptors (Lipinski definition) is 2. The fourth-order valence-corrected chi connectivity index (χ4v) is 1.07. The molecule has 0 radical (unpaired) electrons. The van der Waals surface area contributed by atoms with Crippen molar-refractivity contribution in [2.45, 2.75) is 12.8 Å². The van der Waals surface area contributed by atoms with Crippen LogP contribution in [0.15, 0.2) is 12.1 Å². The smallest absolute Gasteiger partial charge is 0.224 e. The van der Waals surface area contributed by atoms with Gasteiger partial charge in [-0.2, -0.15) is 0 Å². The molecule has 0 saturated carbocycles. The first-order valence-electron chi connectivity index (χ1n) is 4.60. The van der Waals surface area contributed by atoms with Gasteiger partial charge in [-0.05, 0) is 6.42 Å². The van der Waals surface area contributed by atoms with Gasteiger partial charge in [-0.25, -0.2) is 13.2 Å². The molecule has 0 aliphatic carbocycles. The van der Waals surface area contributed by atoms with Crippen molar-refractivity contribution in [1.29, 1.82) is 0 Å². The van der Waals surface area contributed by atoms with Gasteiger partial charge in [0, 0.05) is 25.2 Å². The zero-order valence-corrected chi connectivity index (χ0v) is 8.27. The predicted octanol–water partition coefficient (Wildman–Crippen LogP) is 1.81. The van der Waals surface area contributed by atoms with Gasteiger partial charge in [0.05, 0.1) is 5.69 Å². The van der Waals surface area contributed by atoms with E-state index in [0.717, 1.165) is 0 Å². The van der Waals surface area contributed by atoms with Gasteiger partial charge in [0.25, 0.3) is 0 Å². The topological polar surface area (TPSA) is 49.3 Å². The van der Waals surface area contributed by atoms with Crippen LogP contribution in [0.5, 0.6) is 0 Å². The van der Waals surface area contributed by atoms with Crippen molar-refractivity contribution < 1.29 is 23.1 Å². The molecule has 0 spiro atoms. The minimum Gasteiger partial charge on any atom is -0.396 e. The molecule has 0 aliphatic heterocycles. The number of carbonyl (C=O) groups excluding carboxylic acids is 1. The molecule has 0 saturated heterocycles. The molecule has 0 aliphatic rings. The second-order valence-corrected chi connectivity index (χ2v) is 3.12. The average molecular weight is 233 g/mol. The Balaban J connectivity index is 2.73. The highest BCUT2D eigenvalue weighted by Crippen LogP contribution is 2.18. The van der Waals surface area contributed by atoms with E-state index in [1.807, 2.05) is 0 Å². The largest absolute Gasteiger partial charge is 0.396 e. The molecule has 1 aromatic rings. The molecule has 0 fully saturated rings. The Morgan fingerprint density at radius 2 is 1.81 bits per heavy atom. The number of carbonyl (C=O) groups is 1. The van der Waals surface area contributed by atoms with Crippen LogP contribution in [0.3, 0.4) is 0 Å². The lowest BCUT2D eigenvalue weighted by Gasteiger charge is -2.06. The number of amides is 1. The molecule has 2 N–H and O–H groups in total. The van der Waals surface area contributed by atoms with Crippen molar-refractivity contribution in [3.05, 3.63) is 29.6 Å². The number of rotatable bonds is 4. The summed E-state index contributed by atoms with van der Waals surface area (Å²) < 4.78 is 38.3. The van der Waals surface area contributed by atoms with Gasteiger partial charge in [-0.3, -0.25) is 4.79 Å². The van der Waals surface area contributed by atoms with Gasteiger partial charge in [0.1, 0.15) is 5.82 Å². The van der Waals surface area contributed by atoms with Crippen LogP contribution in [0.25, 0.3) is 0 Å². The van der Waals surface area contributed by atoms with Gasteiger partial charge in [-0.15, -0.1) is 0 Å². The predicted molar refractivity (Wildman–Crippen MR) is 51.3 cm³/mol. The lowest BCUT2D eigenvalue weighted by atomic mass is 10.2. The highest BCUT2D eigenvalue weighted by molar-refractivity contribution is 5.90. The summed E-state index contributed by atoms with van der Waals surface area (Å²) in [5.74, 6) is -4.17. The maximum absolute atomic E-state index is 13.0. The van der Waals surface area contributed by atoms with E-state index < -0.39 is 29.0 Å². The Bertz CT molecular complexity index is 396. The molecule has 3 nitrogen and oxygen atoms in total. The zero-order chi connectivity index (χ0) is 12.1. The number of benzene rings is 1. The third kappa shape index (κ3) is 3.23. The Hall–Kier alpha value is -1.56. The van der Waals surface area contributed by atoms with Crippen LogP contribution >= 0.6 is 0 Å². The molecule has 0 bridgehead atoms. The molecule has 88 valence electrons. The SMILES string of the molecule is O=C(CCCO)Nc1cc(F)c(F)cc1F. The number of nitrogens with one attached hydrogen (secondary N) is 1. The molecule has 0 unspecified atom stereocenters. The van der Waals surface area contributed by atoms with E-state index in [9.17, 15) is 18.0 Å². The molecule has 6 heteroatoms. The Labute approximate surface area is 89.9 Å². The van der Waals surface area contributed by atoms with Gasteiger partial charge in [0.15, 0.2) is 11.6 Å². The molecule has 0 aromatic heterocycles. The van der Waals surface area contributed by atoms with Crippen LogP contribution < -0.4 is 5.32 Å². The summed E-state index contributed by atoms with van der Waals surface area (Å²) >= 11 is 0. The van der Waals surface area contributed by atoms with Gasteiger partial charge < -0.3 is 10.4 Å². The minimum absolute atomic E-state index is 0.0189. The van der Waals surface area contributed by atoms with Crippen molar-refractivity contribution in [2.24, 2.45) is 0 Å². The summed E-state index contributed by atoms with van der Waals surface area (Å²) in [7, 11) is 0. The second-order valence-electron chi connectivity index (χ2n) is 3.12. The third-order valence-electron chi connectivity index (χ3n) is 1.85. The minimum atomic E-state index is -1.31. The van der Waals surface area contributed by atoms with Crippen molar-refractivity contribution in [2.75, 3.05) is 11.9 Å². The van der Waals surface area contributed by atoms with Crippen LogP contribution in [-0.2, 0) is 4.79 Å². The number of hydrogen-bond donors (Lipinski definition) is 2. The zero-order valence-electron chi connectivity index (χ0n) is 8.27. The number of aliphatic hydroxyl groups excluding tert-OH is 1. The second kappa shape index (κ2) is 5.50. The van der Waals surface area contributed by atoms with Crippen LogP contribution in [0.1, 0.15) is 12.8 Å². The van der Waals surface area contributed by atoms with E-state index in [2.05, 4.69) is 5.32 Å². The number of halogens is 3. The summed E-state index contributed by atoms with van der Waals surface area (Å²) in [5.41, 5.74) is -0.415. The van der Waals surface area contributed by atoms with Gasteiger partial charge in [-0.1, -0.05) is 0 Å². The van der Waals surface area contributed by atoms with Crippen molar-refractivity contribution in [3.63, 3.8) is 0 Å². The lowest BCUT2D eigenvalue weighted by Crippen LogP contribution is -2.13. The highest BCUT2D eigenvalue weighted by atomic mass is 19.2. The maximum Gasteiger partial charge on any atom is 0.224 e. The molecular weight excluding hydrogens is 223 g/mol. The van der Waals surface area contributed by atoms with E-state index in [1.54, 1.807) is 0 Å². The monoisotopic (exact) mass is 233 g/mol. The quantitative estimate of drug-likeness (QED) is 0.779.